The van der Waals surface area contributed by atoms with Crippen LogP contribution in [0.4, 0.5) is 20.6 Å². The quantitative estimate of drug-likeness (QED) is 0.457. The van der Waals surface area contributed by atoms with E-state index in [-0.39, 0.29) is 18.0 Å². The lowest BCUT2D eigenvalue weighted by Crippen LogP contribution is -2.24. The van der Waals surface area contributed by atoms with E-state index in [4.69, 9.17) is 16.2 Å². The molecule has 0 aliphatic carbocycles. The van der Waals surface area contributed by atoms with E-state index in [1.165, 1.54) is 6.07 Å². The van der Waals surface area contributed by atoms with Gasteiger partial charge in [-0.15, -0.1) is 0 Å². The highest BCUT2D eigenvalue weighted by atomic mass is 19.1. The monoisotopic (exact) mass is 327 g/mol. The molecule has 5 nitrogen and oxygen atoms in total. The minimum atomic E-state index is -0.518. The predicted octanol–water partition coefficient (Wildman–Crippen LogP) is 2.66. The molecular formula is C18H18FN3O2. The molecule has 5 N–H and O–H groups in total. The summed E-state index contributed by atoms with van der Waals surface area (Å²) in [4.78, 5) is 11.5. The molecule has 2 rings (SSSR count). The second-order valence-electron chi connectivity index (χ2n) is 5.00. The lowest BCUT2D eigenvalue weighted by atomic mass is 10.1. The summed E-state index contributed by atoms with van der Waals surface area (Å²) < 4.78 is 18.3. The maximum Gasteiger partial charge on any atom is 0.407 e. The molecule has 0 aromatic heterocycles. The van der Waals surface area contributed by atoms with Crippen LogP contribution in [0.25, 0.3) is 0 Å². The Bertz CT molecular complexity index is 767. The summed E-state index contributed by atoms with van der Waals surface area (Å²) in [6.07, 6.45) is -0.147. The van der Waals surface area contributed by atoms with E-state index in [0.29, 0.717) is 18.5 Å². The van der Waals surface area contributed by atoms with Crippen molar-refractivity contribution in [1.82, 2.24) is 5.32 Å². The average Bonchev–Trinajstić information content (AvgIpc) is 2.57. The Morgan fingerprint density at radius 3 is 2.71 bits per heavy atom. The number of amides is 1. The Labute approximate surface area is 139 Å². The maximum absolute atomic E-state index is 13.2. The molecule has 2 aromatic rings. The van der Waals surface area contributed by atoms with Crippen LogP contribution < -0.4 is 16.8 Å². The van der Waals surface area contributed by atoms with Gasteiger partial charge in [0.2, 0.25) is 0 Å². The van der Waals surface area contributed by atoms with Gasteiger partial charge in [-0.2, -0.15) is 0 Å². The fourth-order valence-electron chi connectivity index (χ4n) is 1.90. The summed E-state index contributed by atoms with van der Waals surface area (Å²) in [5.74, 6) is 5.05. The Balaban J connectivity index is 1.74. The predicted molar refractivity (Wildman–Crippen MR) is 91.3 cm³/mol. The van der Waals surface area contributed by atoms with Crippen molar-refractivity contribution in [3.8, 4) is 11.8 Å². The van der Waals surface area contributed by atoms with Gasteiger partial charge in [0.25, 0.3) is 0 Å². The van der Waals surface area contributed by atoms with Crippen molar-refractivity contribution in [2.45, 2.75) is 13.0 Å². The van der Waals surface area contributed by atoms with E-state index in [2.05, 4.69) is 17.2 Å². The smallest absolute Gasteiger partial charge is 0.407 e. The summed E-state index contributed by atoms with van der Waals surface area (Å²) in [7, 11) is 0. The van der Waals surface area contributed by atoms with Gasteiger partial charge in [0.1, 0.15) is 12.4 Å². The summed E-state index contributed by atoms with van der Waals surface area (Å²) >= 11 is 0. The van der Waals surface area contributed by atoms with Crippen molar-refractivity contribution in [3.63, 3.8) is 0 Å². The van der Waals surface area contributed by atoms with E-state index in [0.717, 1.165) is 11.6 Å². The van der Waals surface area contributed by atoms with Crippen molar-refractivity contribution in [2.75, 3.05) is 18.0 Å². The van der Waals surface area contributed by atoms with Gasteiger partial charge in [0.05, 0.1) is 16.9 Å². The number of nitrogens with two attached hydrogens (primary N) is 2. The normalized spacial score (nSPS) is 9.71. The van der Waals surface area contributed by atoms with Gasteiger partial charge in [0, 0.05) is 13.0 Å². The van der Waals surface area contributed by atoms with Crippen LogP contribution >= 0.6 is 0 Å². The molecule has 1 amide bonds. The fraction of sp³-hybridized carbons (Fsp3) is 0.167. The number of rotatable bonds is 4. The number of hydrogen-bond donors (Lipinski definition) is 3. The van der Waals surface area contributed by atoms with Gasteiger partial charge in [-0.25, -0.2) is 9.18 Å². The first-order valence-electron chi connectivity index (χ1n) is 7.34. The zero-order valence-electron chi connectivity index (χ0n) is 13.0. The number of carbonyl (C=O) groups is 1. The minimum absolute atomic E-state index is 0.155. The number of halogens is 1. The van der Waals surface area contributed by atoms with E-state index >= 15 is 0 Å². The molecule has 6 heteroatoms. The molecule has 0 fully saturated rings. The van der Waals surface area contributed by atoms with Crippen molar-refractivity contribution in [2.24, 2.45) is 0 Å². The number of ether oxygens (including phenoxy) is 1. The van der Waals surface area contributed by atoms with Crippen molar-refractivity contribution < 1.29 is 13.9 Å². The summed E-state index contributed by atoms with van der Waals surface area (Å²) in [6.45, 7) is 0.517. The summed E-state index contributed by atoms with van der Waals surface area (Å²) in [6, 6.07) is 11.7. The van der Waals surface area contributed by atoms with E-state index in [1.807, 2.05) is 30.3 Å². The van der Waals surface area contributed by atoms with Crippen molar-refractivity contribution >= 4 is 17.5 Å². The first kappa shape index (κ1) is 17.2. The van der Waals surface area contributed by atoms with Crippen LogP contribution in [-0.4, -0.2) is 12.6 Å². The van der Waals surface area contributed by atoms with Crippen LogP contribution in [0.5, 0.6) is 0 Å². The molecule has 0 atom stereocenters. The van der Waals surface area contributed by atoms with Gasteiger partial charge in [0.15, 0.2) is 0 Å². The van der Waals surface area contributed by atoms with Crippen LogP contribution in [0, 0.1) is 17.7 Å². The molecule has 0 aliphatic rings. The first-order valence-corrected chi connectivity index (χ1v) is 7.34. The highest BCUT2D eigenvalue weighted by molar-refractivity contribution is 5.71. The first-order chi connectivity index (χ1) is 11.6. The van der Waals surface area contributed by atoms with Crippen LogP contribution in [0.3, 0.4) is 0 Å². The highest BCUT2D eigenvalue weighted by Crippen LogP contribution is 2.20. The number of alkyl carbamates (subject to hydrolysis) is 1. The topological polar surface area (TPSA) is 90.4 Å². The van der Waals surface area contributed by atoms with E-state index in [9.17, 15) is 9.18 Å². The molecular weight excluding hydrogens is 309 g/mol. The third-order valence-electron chi connectivity index (χ3n) is 3.13. The Morgan fingerprint density at radius 1 is 1.21 bits per heavy atom. The Morgan fingerprint density at radius 2 is 1.96 bits per heavy atom. The minimum Gasteiger partial charge on any atom is -0.445 e. The number of nitrogen functional groups attached to an aromatic ring is 2. The second-order valence-corrected chi connectivity index (χ2v) is 5.00. The number of nitrogens with one attached hydrogen (secondary N) is 1. The van der Waals surface area contributed by atoms with E-state index < -0.39 is 11.9 Å². The molecule has 24 heavy (non-hydrogen) atoms. The number of carbonyl (C=O) groups excluding carboxylic acids is 1. The molecule has 2 aromatic carbocycles. The van der Waals surface area contributed by atoms with Crippen molar-refractivity contribution in [1.29, 1.82) is 0 Å². The largest absolute Gasteiger partial charge is 0.445 e. The third-order valence-corrected chi connectivity index (χ3v) is 3.13. The Hall–Kier alpha value is -3.20. The van der Waals surface area contributed by atoms with Crippen LogP contribution in [-0.2, 0) is 11.3 Å². The second kappa shape index (κ2) is 8.44. The van der Waals surface area contributed by atoms with Gasteiger partial charge in [-0.3, -0.25) is 0 Å². The number of anilines is 2. The van der Waals surface area contributed by atoms with Gasteiger partial charge in [-0.1, -0.05) is 42.2 Å². The molecule has 0 unspecified atom stereocenters. The molecule has 0 aliphatic heterocycles. The zero-order chi connectivity index (χ0) is 17.4. The van der Waals surface area contributed by atoms with Gasteiger partial charge < -0.3 is 21.5 Å². The lowest BCUT2D eigenvalue weighted by molar-refractivity contribution is 0.140. The van der Waals surface area contributed by atoms with Crippen molar-refractivity contribution in [3.05, 3.63) is 59.4 Å². The molecule has 0 heterocycles. The van der Waals surface area contributed by atoms with Crippen LogP contribution in [0.1, 0.15) is 17.5 Å². The Kier molecular flexibility index (Phi) is 6.03. The SMILES string of the molecule is Nc1cc(F)cc(C#CCCNC(=O)OCc2ccccc2)c1N. The van der Waals surface area contributed by atoms with Gasteiger partial charge in [-0.05, 0) is 17.7 Å². The summed E-state index contributed by atoms with van der Waals surface area (Å²) in [5.41, 5.74) is 12.9. The lowest BCUT2D eigenvalue weighted by Gasteiger charge is -2.05. The van der Waals surface area contributed by atoms with Crippen LogP contribution in [0.15, 0.2) is 42.5 Å². The molecule has 0 bridgehead atoms. The van der Waals surface area contributed by atoms with Gasteiger partial charge >= 0.3 is 6.09 Å². The summed E-state index contributed by atoms with van der Waals surface area (Å²) in [5, 5.41) is 2.58. The van der Waals surface area contributed by atoms with Crippen LogP contribution in [0.2, 0.25) is 0 Å². The fourth-order valence-corrected chi connectivity index (χ4v) is 1.90. The average molecular weight is 327 g/mol. The molecule has 124 valence electrons. The highest BCUT2D eigenvalue weighted by Gasteiger charge is 2.03. The zero-order valence-corrected chi connectivity index (χ0v) is 13.0. The molecule has 0 saturated heterocycles. The maximum atomic E-state index is 13.2. The number of hydrogen-bond acceptors (Lipinski definition) is 4. The molecule has 0 saturated carbocycles. The molecule has 0 spiro atoms. The van der Waals surface area contributed by atoms with E-state index in [1.54, 1.807) is 0 Å². The number of benzene rings is 2. The standard InChI is InChI=1S/C18H18FN3O2/c19-15-10-14(17(21)16(20)11-15)8-4-5-9-22-18(23)24-12-13-6-2-1-3-7-13/h1-3,6-7,10-11H,5,9,12,20-21H2,(H,22,23). The third kappa shape index (κ3) is 5.21. The molecule has 0 radical (unpaired) electrons.